The number of hydrogen-bond donors (Lipinski definition) is 0. The zero-order valence-electron chi connectivity index (χ0n) is 17.8. The van der Waals surface area contributed by atoms with Gasteiger partial charge in [-0.05, 0) is 37.0 Å². The van der Waals surface area contributed by atoms with Gasteiger partial charge in [-0.3, -0.25) is 0 Å². The number of unbranched alkanes of at least 4 members (excludes halogenated alkanes) is 6. The minimum Gasteiger partial charge on any atom is -0.465 e. The second-order valence-corrected chi connectivity index (χ2v) is 13.5. The molecule has 0 radical (unpaired) electrons. The van der Waals surface area contributed by atoms with Crippen LogP contribution in [0.4, 0.5) is 0 Å². The van der Waals surface area contributed by atoms with Crippen LogP contribution in [0, 0.1) is 0 Å². The molecule has 0 aromatic carbocycles. The normalized spacial score (nSPS) is 12.4. The number of ether oxygens (including phenoxy) is 1. The molecule has 0 aliphatic carbocycles. The zero-order valence-corrected chi connectivity index (χ0v) is 18.8. The molecule has 4 nitrogen and oxygen atoms in total. The van der Waals surface area contributed by atoms with Gasteiger partial charge in [0, 0.05) is 25.5 Å². The van der Waals surface area contributed by atoms with Crippen LogP contribution in [0.2, 0.25) is 18.1 Å². The van der Waals surface area contributed by atoms with Crippen LogP contribution in [-0.4, -0.2) is 32.6 Å². The number of methoxy groups -OCH3 is 1. The van der Waals surface area contributed by atoms with Crippen molar-refractivity contribution >= 4 is 14.3 Å². The summed E-state index contributed by atoms with van der Waals surface area (Å²) in [6.45, 7) is 13.4. The van der Waals surface area contributed by atoms with Gasteiger partial charge in [-0.25, -0.2) is 4.79 Å². The quantitative estimate of drug-likeness (QED) is 0.252. The van der Waals surface area contributed by atoms with E-state index in [1.807, 2.05) is 18.5 Å². The van der Waals surface area contributed by atoms with Crippen LogP contribution in [0.3, 0.4) is 0 Å². The zero-order chi connectivity index (χ0) is 19.6. The Balaban J connectivity index is 2.00. The molecule has 0 aliphatic heterocycles. The molecule has 5 heteroatoms. The van der Waals surface area contributed by atoms with Crippen molar-refractivity contribution in [1.29, 1.82) is 0 Å². The number of carbonyl (C=O) groups is 1. The third-order valence-corrected chi connectivity index (χ3v) is 10.0. The first-order chi connectivity index (χ1) is 12.2. The Labute approximate surface area is 161 Å². The summed E-state index contributed by atoms with van der Waals surface area (Å²) in [5.41, 5.74) is 0.632. The summed E-state index contributed by atoms with van der Waals surface area (Å²) in [6.07, 6.45) is 12.6. The molecular formula is C21H39NO3Si. The van der Waals surface area contributed by atoms with Crippen LogP contribution >= 0.6 is 0 Å². The lowest BCUT2D eigenvalue weighted by molar-refractivity contribution is 0.0600. The fourth-order valence-electron chi connectivity index (χ4n) is 2.64. The highest BCUT2D eigenvalue weighted by molar-refractivity contribution is 6.74. The molecule has 0 amide bonds. The Morgan fingerprint density at radius 3 is 2.19 bits per heavy atom. The summed E-state index contributed by atoms with van der Waals surface area (Å²) in [6, 6.07) is 1.82. The van der Waals surface area contributed by atoms with Crippen LogP contribution < -0.4 is 0 Å². The molecule has 0 fully saturated rings. The van der Waals surface area contributed by atoms with Crippen molar-refractivity contribution in [2.75, 3.05) is 13.7 Å². The molecule has 150 valence electrons. The minimum absolute atomic E-state index is 0.263. The number of rotatable bonds is 12. The van der Waals surface area contributed by atoms with Crippen LogP contribution in [-0.2, 0) is 15.7 Å². The van der Waals surface area contributed by atoms with E-state index < -0.39 is 8.32 Å². The van der Waals surface area contributed by atoms with Crippen molar-refractivity contribution in [2.24, 2.45) is 0 Å². The number of nitrogens with zero attached hydrogens (tertiary/aromatic N) is 1. The van der Waals surface area contributed by atoms with E-state index in [1.54, 1.807) is 0 Å². The largest absolute Gasteiger partial charge is 0.465 e. The maximum absolute atomic E-state index is 11.4. The second-order valence-electron chi connectivity index (χ2n) is 8.71. The van der Waals surface area contributed by atoms with E-state index in [-0.39, 0.29) is 5.97 Å². The first-order valence-electron chi connectivity index (χ1n) is 10.1. The third kappa shape index (κ3) is 8.08. The van der Waals surface area contributed by atoms with E-state index in [9.17, 15) is 4.79 Å². The molecule has 0 saturated carbocycles. The molecule has 0 saturated heterocycles. The standard InChI is InChI=1S/C21H39NO3Si/c1-21(2,3)26(5,6)25-17-13-11-9-7-8-10-12-15-22-16-14-19(18-22)20(23)24-4/h14,16,18H,7-13,15,17H2,1-6H3. The van der Waals surface area contributed by atoms with Gasteiger partial charge in [-0.15, -0.1) is 0 Å². The van der Waals surface area contributed by atoms with Crippen LogP contribution in [0.5, 0.6) is 0 Å². The number of esters is 1. The molecule has 0 N–H and O–H groups in total. The summed E-state index contributed by atoms with van der Waals surface area (Å²) >= 11 is 0. The number of aromatic nitrogens is 1. The monoisotopic (exact) mass is 381 g/mol. The van der Waals surface area contributed by atoms with E-state index >= 15 is 0 Å². The Morgan fingerprint density at radius 1 is 1.04 bits per heavy atom. The minimum atomic E-state index is -1.56. The van der Waals surface area contributed by atoms with Crippen LogP contribution in [0.25, 0.3) is 0 Å². The average Bonchev–Trinajstić information content (AvgIpc) is 3.03. The van der Waals surface area contributed by atoms with Gasteiger partial charge >= 0.3 is 5.97 Å². The lowest BCUT2D eigenvalue weighted by Crippen LogP contribution is -2.40. The fourth-order valence-corrected chi connectivity index (χ4v) is 3.73. The summed E-state index contributed by atoms with van der Waals surface area (Å²) in [7, 11) is -0.147. The highest BCUT2D eigenvalue weighted by Gasteiger charge is 2.36. The van der Waals surface area contributed by atoms with Crippen LogP contribution in [0.1, 0.15) is 76.1 Å². The van der Waals surface area contributed by atoms with Gasteiger partial charge in [0.25, 0.3) is 0 Å². The summed E-state index contributed by atoms with van der Waals surface area (Å²) in [5, 5.41) is 0.310. The van der Waals surface area contributed by atoms with Crippen molar-refractivity contribution < 1.29 is 14.0 Å². The maximum atomic E-state index is 11.4. The first kappa shape index (κ1) is 23.0. The maximum Gasteiger partial charge on any atom is 0.339 e. The predicted molar refractivity (Wildman–Crippen MR) is 111 cm³/mol. The Morgan fingerprint density at radius 2 is 1.62 bits per heavy atom. The van der Waals surface area contributed by atoms with Crippen LogP contribution in [0.15, 0.2) is 18.5 Å². The smallest absolute Gasteiger partial charge is 0.339 e. The first-order valence-corrected chi connectivity index (χ1v) is 13.0. The average molecular weight is 382 g/mol. The fraction of sp³-hybridized carbons (Fsp3) is 0.762. The lowest BCUT2D eigenvalue weighted by Gasteiger charge is -2.36. The molecule has 1 rings (SSSR count). The van der Waals surface area contributed by atoms with Gasteiger partial charge < -0.3 is 13.7 Å². The highest BCUT2D eigenvalue weighted by Crippen LogP contribution is 2.36. The van der Waals surface area contributed by atoms with Crippen molar-refractivity contribution in [1.82, 2.24) is 4.57 Å². The molecule has 0 atom stereocenters. The van der Waals surface area contributed by atoms with Crippen molar-refractivity contribution in [3.8, 4) is 0 Å². The number of aryl methyl sites for hydroxylation is 1. The lowest BCUT2D eigenvalue weighted by atomic mass is 10.1. The topological polar surface area (TPSA) is 40.5 Å². The van der Waals surface area contributed by atoms with Gasteiger partial charge in [0.2, 0.25) is 0 Å². The highest BCUT2D eigenvalue weighted by atomic mass is 28.4. The van der Waals surface area contributed by atoms with Gasteiger partial charge in [-0.2, -0.15) is 0 Å². The van der Waals surface area contributed by atoms with E-state index in [0.717, 1.165) is 19.6 Å². The van der Waals surface area contributed by atoms with Gasteiger partial charge in [0.1, 0.15) is 0 Å². The summed E-state index contributed by atoms with van der Waals surface area (Å²) < 4.78 is 13.0. The number of carbonyl (C=O) groups excluding carboxylic acids is 1. The Bertz CT molecular complexity index is 532. The Kier molecular flexibility index (Phi) is 9.65. The predicted octanol–water partition coefficient (Wildman–Crippen LogP) is 6.03. The molecule has 0 unspecified atom stereocenters. The van der Waals surface area contributed by atoms with Gasteiger partial charge in [-0.1, -0.05) is 52.9 Å². The summed E-state index contributed by atoms with van der Waals surface area (Å²) in [5.74, 6) is -0.263. The molecule has 1 aromatic heterocycles. The third-order valence-electron chi connectivity index (χ3n) is 5.50. The van der Waals surface area contributed by atoms with Gasteiger partial charge in [0.05, 0.1) is 12.7 Å². The van der Waals surface area contributed by atoms with Crippen molar-refractivity contribution in [3.05, 3.63) is 24.0 Å². The second kappa shape index (κ2) is 10.9. The molecule has 0 spiro atoms. The van der Waals surface area contributed by atoms with Crippen molar-refractivity contribution in [3.63, 3.8) is 0 Å². The van der Waals surface area contributed by atoms with E-state index in [4.69, 9.17) is 9.16 Å². The van der Waals surface area contributed by atoms with E-state index in [1.165, 1.54) is 45.6 Å². The molecule has 26 heavy (non-hydrogen) atoms. The number of hydrogen-bond acceptors (Lipinski definition) is 3. The van der Waals surface area contributed by atoms with E-state index in [0.29, 0.717) is 10.6 Å². The van der Waals surface area contributed by atoms with Crippen molar-refractivity contribution in [2.45, 2.75) is 90.4 Å². The molecule has 1 aromatic rings. The van der Waals surface area contributed by atoms with E-state index in [2.05, 4.69) is 38.4 Å². The van der Waals surface area contributed by atoms with Gasteiger partial charge in [0.15, 0.2) is 8.32 Å². The molecular weight excluding hydrogens is 342 g/mol. The summed E-state index contributed by atoms with van der Waals surface area (Å²) in [4.78, 5) is 11.4. The Hall–Kier alpha value is -1.07. The molecule has 0 aliphatic rings. The molecule has 0 bridgehead atoms. The SMILES string of the molecule is COC(=O)c1ccn(CCCCCCCCCO[Si](C)(C)C(C)(C)C)c1. The molecule has 1 heterocycles.